The molecule has 6 nitrogen and oxygen atoms in total. The van der Waals surface area contributed by atoms with Crippen LogP contribution in [0.2, 0.25) is 0 Å². The van der Waals surface area contributed by atoms with Crippen molar-refractivity contribution in [3.05, 3.63) is 5.69 Å². The summed E-state index contributed by atoms with van der Waals surface area (Å²) >= 11 is 0. The summed E-state index contributed by atoms with van der Waals surface area (Å²) in [6.45, 7) is 4.53. The second-order valence-electron chi connectivity index (χ2n) is 5.64. The Morgan fingerprint density at radius 2 is 1.95 bits per heavy atom. The molecule has 1 fully saturated rings. The van der Waals surface area contributed by atoms with Gasteiger partial charge in [0, 0.05) is 33.7 Å². The van der Waals surface area contributed by atoms with Gasteiger partial charge in [-0.05, 0) is 6.54 Å². The lowest BCUT2D eigenvalue weighted by Gasteiger charge is -2.45. The zero-order valence-corrected chi connectivity index (χ0v) is 12.7. The average Bonchev–Trinajstić information content (AvgIpc) is 2.81. The normalized spacial score (nSPS) is 22.8. The Bertz CT molecular complexity index is 612. The van der Waals surface area contributed by atoms with Gasteiger partial charge in [-0.25, -0.2) is 0 Å². The first-order chi connectivity index (χ1) is 10.3. The average molecular weight is 317 g/mol. The van der Waals surface area contributed by atoms with E-state index in [1.165, 1.54) is 14.1 Å². The third-order valence-corrected chi connectivity index (χ3v) is 4.41. The molecule has 3 heterocycles. The summed E-state index contributed by atoms with van der Waals surface area (Å²) in [7, 11) is 2.65. The number of hydrogen-bond donors (Lipinski definition) is 0. The van der Waals surface area contributed by atoms with Gasteiger partial charge >= 0.3 is 6.18 Å². The van der Waals surface area contributed by atoms with E-state index in [0.717, 1.165) is 16.1 Å². The number of alkyl halides is 3. The van der Waals surface area contributed by atoms with Gasteiger partial charge in [-0.3, -0.25) is 14.4 Å². The number of aryl methyl sites for hydroxylation is 1. The lowest BCUT2D eigenvalue weighted by molar-refractivity contribution is -0.143. The number of likely N-dealkylation sites (N-methyl/N-ethyl adjacent to an activating group) is 2. The molecule has 1 saturated heterocycles. The Morgan fingerprint density at radius 1 is 1.27 bits per heavy atom. The molecule has 22 heavy (non-hydrogen) atoms. The van der Waals surface area contributed by atoms with Gasteiger partial charge in [-0.2, -0.15) is 18.3 Å². The van der Waals surface area contributed by atoms with E-state index in [1.54, 1.807) is 4.90 Å². The van der Waals surface area contributed by atoms with Crippen LogP contribution in [0.5, 0.6) is 0 Å². The van der Waals surface area contributed by atoms with E-state index < -0.39 is 17.9 Å². The zero-order valence-electron chi connectivity index (χ0n) is 12.7. The standard InChI is InChI=1S/C13H18F3N5O/c1-4-20-5-6-21-8(7-20)12(22)18(2)9-10(13(14,15)16)19(3)17-11(9)21/h8H,4-7H2,1-3H3. The predicted molar refractivity (Wildman–Crippen MR) is 74.9 cm³/mol. The van der Waals surface area contributed by atoms with Gasteiger partial charge in [-0.1, -0.05) is 6.92 Å². The second-order valence-corrected chi connectivity index (χ2v) is 5.64. The Balaban J connectivity index is 2.10. The van der Waals surface area contributed by atoms with Crippen molar-refractivity contribution in [2.75, 3.05) is 43.0 Å². The highest BCUT2D eigenvalue weighted by atomic mass is 19.4. The van der Waals surface area contributed by atoms with Crippen LogP contribution in [0.15, 0.2) is 0 Å². The summed E-state index contributed by atoms with van der Waals surface area (Å²) in [5.41, 5.74) is -1.02. The molecule has 9 heteroatoms. The number of nitrogens with zero attached hydrogens (tertiary/aromatic N) is 5. The first-order valence-corrected chi connectivity index (χ1v) is 7.16. The number of fused-ring (bicyclic) bond motifs is 3. The zero-order chi connectivity index (χ0) is 16.2. The molecule has 0 radical (unpaired) electrons. The van der Waals surface area contributed by atoms with Crippen LogP contribution in [-0.4, -0.2) is 59.9 Å². The molecule has 1 amide bonds. The molecule has 0 aromatic carbocycles. The molecule has 1 unspecified atom stereocenters. The fourth-order valence-corrected chi connectivity index (χ4v) is 3.24. The number of anilines is 2. The molecule has 0 bridgehead atoms. The molecule has 2 aliphatic rings. The number of carbonyl (C=O) groups is 1. The molecule has 0 aliphatic carbocycles. The van der Waals surface area contributed by atoms with Gasteiger partial charge in [0.2, 0.25) is 0 Å². The molecule has 3 rings (SSSR count). The molecule has 122 valence electrons. The van der Waals surface area contributed by atoms with Crippen molar-refractivity contribution in [2.24, 2.45) is 7.05 Å². The minimum atomic E-state index is -4.55. The maximum atomic E-state index is 13.3. The van der Waals surface area contributed by atoms with Crippen molar-refractivity contribution in [3.8, 4) is 0 Å². The number of rotatable bonds is 1. The lowest BCUT2D eigenvalue weighted by atomic mass is 10.1. The number of amides is 1. The number of aromatic nitrogens is 2. The van der Waals surface area contributed by atoms with Crippen molar-refractivity contribution >= 4 is 17.4 Å². The lowest BCUT2D eigenvalue weighted by Crippen LogP contribution is -2.62. The van der Waals surface area contributed by atoms with Gasteiger partial charge < -0.3 is 9.80 Å². The van der Waals surface area contributed by atoms with Crippen LogP contribution in [0.4, 0.5) is 24.7 Å². The number of hydrogen-bond acceptors (Lipinski definition) is 4. The van der Waals surface area contributed by atoms with Crippen LogP contribution >= 0.6 is 0 Å². The van der Waals surface area contributed by atoms with Crippen molar-refractivity contribution in [2.45, 2.75) is 19.1 Å². The summed E-state index contributed by atoms with van der Waals surface area (Å²) in [4.78, 5) is 17.5. The van der Waals surface area contributed by atoms with Gasteiger partial charge in [0.25, 0.3) is 5.91 Å². The van der Waals surface area contributed by atoms with E-state index in [9.17, 15) is 18.0 Å². The largest absolute Gasteiger partial charge is 0.435 e. The van der Waals surface area contributed by atoms with Crippen molar-refractivity contribution in [1.82, 2.24) is 14.7 Å². The van der Waals surface area contributed by atoms with Gasteiger partial charge in [0.1, 0.15) is 11.7 Å². The maximum Gasteiger partial charge on any atom is 0.435 e. The first-order valence-electron chi connectivity index (χ1n) is 7.16. The monoisotopic (exact) mass is 317 g/mol. The summed E-state index contributed by atoms with van der Waals surface area (Å²) in [5, 5.41) is 4.05. The molecular formula is C13H18F3N5O. The van der Waals surface area contributed by atoms with E-state index in [1.807, 2.05) is 6.92 Å². The Kier molecular flexibility index (Phi) is 3.35. The third-order valence-electron chi connectivity index (χ3n) is 4.41. The maximum absolute atomic E-state index is 13.3. The van der Waals surface area contributed by atoms with Crippen LogP contribution < -0.4 is 9.80 Å². The first kappa shape index (κ1) is 15.1. The summed E-state index contributed by atoms with van der Waals surface area (Å²) < 4.78 is 40.7. The van der Waals surface area contributed by atoms with Crippen molar-refractivity contribution < 1.29 is 18.0 Å². The molecule has 2 aliphatic heterocycles. The Morgan fingerprint density at radius 3 is 2.55 bits per heavy atom. The number of piperazine rings is 1. The second kappa shape index (κ2) is 4.87. The Labute approximate surface area is 126 Å². The minimum Gasteiger partial charge on any atom is -0.339 e. The Hall–Kier alpha value is -1.77. The van der Waals surface area contributed by atoms with Crippen LogP contribution in [0.3, 0.4) is 0 Å². The summed E-state index contributed by atoms with van der Waals surface area (Å²) in [6, 6.07) is -0.470. The van der Waals surface area contributed by atoms with E-state index in [2.05, 4.69) is 10.00 Å². The number of halogens is 3. The molecule has 1 aromatic heterocycles. The molecule has 0 saturated carbocycles. The number of carbonyl (C=O) groups excluding carboxylic acids is 1. The fourth-order valence-electron chi connectivity index (χ4n) is 3.24. The molecular weight excluding hydrogens is 299 g/mol. The van der Waals surface area contributed by atoms with E-state index >= 15 is 0 Å². The molecule has 0 spiro atoms. The van der Waals surface area contributed by atoms with Crippen molar-refractivity contribution in [3.63, 3.8) is 0 Å². The quantitative estimate of drug-likeness (QED) is 0.773. The minimum absolute atomic E-state index is 0.138. The highest BCUT2D eigenvalue weighted by Crippen LogP contribution is 2.44. The van der Waals surface area contributed by atoms with Crippen molar-refractivity contribution in [1.29, 1.82) is 0 Å². The summed E-state index contributed by atoms with van der Waals surface area (Å²) in [5.74, 6) is -0.0678. The van der Waals surface area contributed by atoms with E-state index in [-0.39, 0.29) is 17.4 Å². The smallest absolute Gasteiger partial charge is 0.339 e. The molecule has 1 aromatic rings. The van der Waals surface area contributed by atoms with Crippen LogP contribution in [0.25, 0.3) is 0 Å². The van der Waals surface area contributed by atoms with Gasteiger partial charge in [0.15, 0.2) is 11.5 Å². The van der Waals surface area contributed by atoms with Crippen LogP contribution in [-0.2, 0) is 18.0 Å². The fraction of sp³-hybridized carbons (Fsp3) is 0.692. The summed E-state index contributed by atoms with van der Waals surface area (Å²) in [6.07, 6.45) is -4.55. The molecule has 1 atom stereocenters. The van der Waals surface area contributed by atoms with E-state index in [0.29, 0.717) is 19.6 Å². The van der Waals surface area contributed by atoms with Crippen LogP contribution in [0.1, 0.15) is 12.6 Å². The highest BCUT2D eigenvalue weighted by molar-refractivity contribution is 6.05. The van der Waals surface area contributed by atoms with Crippen LogP contribution in [0, 0.1) is 0 Å². The highest BCUT2D eigenvalue weighted by Gasteiger charge is 2.48. The SMILES string of the molecule is CCN1CCN2c3nn(C)c(C(F)(F)F)c3N(C)C(=O)C2C1. The van der Waals surface area contributed by atoms with Gasteiger partial charge in [0.05, 0.1) is 0 Å². The molecule has 0 N–H and O–H groups in total. The predicted octanol–water partition coefficient (Wildman–Crippen LogP) is 0.926. The third kappa shape index (κ3) is 2.06. The topological polar surface area (TPSA) is 44.6 Å². The van der Waals surface area contributed by atoms with E-state index in [4.69, 9.17) is 0 Å². The van der Waals surface area contributed by atoms with Gasteiger partial charge in [-0.15, -0.1) is 0 Å².